The minimum atomic E-state index is -1.07. The van der Waals surface area contributed by atoms with Gasteiger partial charge in [-0.1, -0.05) is 53.6 Å². The summed E-state index contributed by atoms with van der Waals surface area (Å²) in [6, 6.07) is 15.8. The first-order valence-corrected chi connectivity index (χ1v) is 9.65. The van der Waals surface area contributed by atoms with Crippen LogP contribution in [0.15, 0.2) is 48.5 Å². The second kappa shape index (κ2) is 7.57. The van der Waals surface area contributed by atoms with Crippen molar-refractivity contribution in [3.05, 3.63) is 70.2 Å². The van der Waals surface area contributed by atoms with E-state index in [2.05, 4.69) is 18.2 Å². The second-order valence-electron chi connectivity index (χ2n) is 8.16. The third-order valence-corrected chi connectivity index (χ3v) is 4.89. The number of hydrogen-bond acceptors (Lipinski definition) is 2. The molecule has 0 saturated heterocycles. The Morgan fingerprint density at radius 1 is 1.04 bits per heavy atom. The standard InChI is InChI=1S/C24H25ClO3/c1-14-6-7-17-13-15(2)20(22(23(26)27)28-24(3,4)5)21(19(17)12-14)16-8-10-18(25)11-9-16/h6-13,22H,1-5H3,(H,26,27). The quantitative estimate of drug-likeness (QED) is 0.532. The molecule has 0 radical (unpaired) electrons. The molecule has 0 aliphatic carbocycles. The number of aryl methyl sites for hydroxylation is 2. The third-order valence-electron chi connectivity index (χ3n) is 4.64. The molecule has 1 unspecified atom stereocenters. The van der Waals surface area contributed by atoms with E-state index >= 15 is 0 Å². The van der Waals surface area contributed by atoms with Crippen LogP contribution in [0, 0.1) is 13.8 Å². The summed E-state index contributed by atoms with van der Waals surface area (Å²) in [7, 11) is 0. The van der Waals surface area contributed by atoms with Crippen LogP contribution in [0.2, 0.25) is 5.02 Å². The highest BCUT2D eigenvalue weighted by molar-refractivity contribution is 6.30. The van der Waals surface area contributed by atoms with Crippen molar-refractivity contribution >= 4 is 28.3 Å². The molecule has 0 fully saturated rings. The molecule has 0 aliphatic rings. The summed E-state index contributed by atoms with van der Waals surface area (Å²) < 4.78 is 6.01. The highest BCUT2D eigenvalue weighted by atomic mass is 35.5. The lowest BCUT2D eigenvalue weighted by Crippen LogP contribution is -2.28. The molecule has 0 aromatic heterocycles. The maximum Gasteiger partial charge on any atom is 0.337 e. The van der Waals surface area contributed by atoms with E-state index in [-0.39, 0.29) is 0 Å². The normalized spacial score (nSPS) is 12.9. The lowest BCUT2D eigenvalue weighted by molar-refractivity contribution is -0.160. The molecule has 1 N–H and O–H groups in total. The summed E-state index contributed by atoms with van der Waals surface area (Å²) in [6.07, 6.45) is -1.07. The van der Waals surface area contributed by atoms with Crippen molar-refractivity contribution in [2.75, 3.05) is 0 Å². The molecule has 0 spiro atoms. The summed E-state index contributed by atoms with van der Waals surface area (Å²) in [5, 5.41) is 12.7. The topological polar surface area (TPSA) is 46.5 Å². The van der Waals surface area contributed by atoms with E-state index in [1.165, 1.54) is 0 Å². The molecule has 0 aliphatic heterocycles. The molecule has 4 heteroatoms. The van der Waals surface area contributed by atoms with Gasteiger partial charge in [0.05, 0.1) is 5.60 Å². The fourth-order valence-electron chi connectivity index (χ4n) is 3.52. The van der Waals surface area contributed by atoms with Crippen LogP contribution < -0.4 is 0 Å². The molecule has 0 heterocycles. The van der Waals surface area contributed by atoms with E-state index in [1.54, 1.807) is 0 Å². The van der Waals surface area contributed by atoms with Gasteiger partial charge in [0.1, 0.15) is 0 Å². The minimum absolute atomic E-state index is 0.603. The largest absolute Gasteiger partial charge is 0.479 e. The van der Waals surface area contributed by atoms with Crippen molar-refractivity contribution < 1.29 is 14.6 Å². The Bertz CT molecular complexity index is 1030. The number of fused-ring (bicyclic) bond motifs is 1. The van der Waals surface area contributed by atoms with Gasteiger partial charge in [-0.25, -0.2) is 4.79 Å². The lowest BCUT2D eigenvalue weighted by atomic mass is 9.86. The Kier molecular flexibility index (Phi) is 5.51. The first-order chi connectivity index (χ1) is 13.1. The number of rotatable bonds is 4. The molecule has 1 atom stereocenters. The Balaban J connectivity index is 2.40. The van der Waals surface area contributed by atoms with Gasteiger partial charge >= 0.3 is 5.97 Å². The summed E-state index contributed by atoms with van der Waals surface area (Å²) in [4.78, 5) is 12.2. The molecule has 3 nitrogen and oxygen atoms in total. The average Bonchev–Trinajstić information content (AvgIpc) is 2.59. The number of hydrogen-bond donors (Lipinski definition) is 1. The van der Waals surface area contributed by atoms with Gasteiger partial charge in [0.15, 0.2) is 6.10 Å². The number of halogens is 1. The molecule has 28 heavy (non-hydrogen) atoms. The van der Waals surface area contributed by atoms with E-state index < -0.39 is 17.7 Å². The van der Waals surface area contributed by atoms with Crippen LogP contribution in [0.4, 0.5) is 0 Å². The maximum absolute atomic E-state index is 12.2. The second-order valence-corrected chi connectivity index (χ2v) is 8.60. The van der Waals surface area contributed by atoms with Gasteiger partial charge in [-0.2, -0.15) is 0 Å². The number of ether oxygens (including phenoxy) is 1. The summed E-state index contributed by atoms with van der Waals surface area (Å²) in [6.45, 7) is 9.57. The molecule has 0 saturated carbocycles. The van der Waals surface area contributed by atoms with E-state index in [4.69, 9.17) is 16.3 Å². The highest BCUT2D eigenvalue weighted by Gasteiger charge is 2.31. The van der Waals surface area contributed by atoms with Crippen molar-refractivity contribution in [3.8, 4) is 11.1 Å². The third kappa shape index (κ3) is 4.21. The number of carboxylic acids is 1. The monoisotopic (exact) mass is 396 g/mol. The van der Waals surface area contributed by atoms with E-state index in [1.807, 2.05) is 65.0 Å². The molecule has 3 rings (SSSR count). The molecule has 0 amide bonds. The zero-order valence-electron chi connectivity index (χ0n) is 16.8. The number of aliphatic carboxylic acids is 1. The molecule has 3 aromatic carbocycles. The number of carboxylic acid groups (broad SMARTS) is 1. The zero-order valence-corrected chi connectivity index (χ0v) is 17.6. The summed E-state index contributed by atoms with van der Waals surface area (Å²) in [5.41, 5.74) is 3.88. The van der Waals surface area contributed by atoms with Gasteiger partial charge in [0.2, 0.25) is 0 Å². The Labute approximate surface area is 170 Å². The van der Waals surface area contributed by atoms with Crippen LogP contribution in [0.1, 0.15) is 43.6 Å². The van der Waals surface area contributed by atoms with Crippen LogP contribution in [-0.2, 0) is 9.53 Å². The lowest BCUT2D eigenvalue weighted by Gasteiger charge is -2.28. The Morgan fingerprint density at radius 2 is 1.68 bits per heavy atom. The van der Waals surface area contributed by atoms with Gasteiger partial charge in [0, 0.05) is 10.6 Å². The first-order valence-electron chi connectivity index (χ1n) is 9.27. The van der Waals surface area contributed by atoms with Crippen LogP contribution in [0.25, 0.3) is 21.9 Å². The number of benzene rings is 3. The minimum Gasteiger partial charge on any atom is -0.479 e. The van der Waals surface area contributed by atoms with Gasteiger partial charge in [-0.3, -0.25) is 0 Å². The summed E-state index contributed by atoms with van der Waals surface area (Å²) >= 11 is 6.09. The SMILES string of the molecule is Cc1ccc2cc(C)c(C(OC(C)(C)C)C(=O)O)c(-c3ccc(Cl)cc3)c2c1. The fraction of sp³-hybridized carbons (Fsp3) is 0.292. The van der Waals surface area contributed by atoms with Crippen molar-refractivity contribution in [2.24, 2.45) is 0 Å². The Hall–Kier alpha value is -2.36. The molecular formula is C24H25ClO3. The van der Waals surface area contributed by atoms with Crippen LogP contribution in [0.5, 0.6) is 0 Å². The first kappa shape index (κ1) is 20.4. The predicted octanol–water partition coefficient (Wildman–Crippen LogP) is 6.72. The van der Waals surface area contributed by atoms with Crippen molar-refractivity contribution in [1.82, 2.24) is 0 Å². The van der Waals surface area contributed by atoms with Crippen LogP contribution >= 0.6 is 11.6 Å². The maximum atomic E-state index is 12.2. The van der Waals surface area contributed by atoms with Gasteiger partial charge in [-0.05, 0) is 74.2 Å². The van der Waals surface area contributed by atoms with E-state index in [0.29, 0.717) is 10.6 Å². The molecule has 0 bridgehead atoms. The Morgan fingerprint density at radius 3 is 2.25 bits per heavy atom. The van der Waals surface area contributed by atoms with Gasteiger partial charge in [0.25, 0.3) is 0 Å². The smallest absolute Gasteiger partial charge is 0.337 e. The van der Waals surface area contributed by atoms with Crippen molar-refractivity contribution in [3.63, 3.8) is 0 Å². The van der Waals surface area contributed by atoms with Crippen molar-refractivity contribution in [2.45, 2.75) is 46.3 Å². The molecule has 3 aromatic rings. The zero-order chi connectivity index (χ0) is 20.6. The molecule has 146 valence electrons. The van der Waals surface area contributed by atoms with E-state index in [9.17, 15) is 9.90 Å². The predicted molar refractivity (Wildman–Crippen MR) is 115 cm³/mol. The molecular weight excluding hydrogens is 372 g/mol. The number of carbonyl (C=O) groups is 1. The fourth-order valence-corrected chi connectivity index (χ4v) is 3.64. The summed E-state index contributed by atoms with van der Waals surface area (Å²) in [5.74, 6) is -1.000. The van der Waals surface area contributed by atoms with Crippen LogP contribution in [0.3, 0.4) is 0 Å². The van der Waals surface area contributed by atoms with E-state index in [0.717, 1.165) is 33.0 Å². The van der Waals surface area contributed by atoms with Crippen molar-refractivity contribution in [1.29, 1.82) is 0 Å². The highest BCUT2D eigenvalue weighted by Crippen LogP contribution is 2.41. The van der Waals surface area contributed by atoms with Gasteiger partial charge < -0.3 is 9.84 Å². The van der Waals surface area contributed by atoms with Crippen LogP contribution in [-0.4, -0.2) is 16.7 Å². The average molecular weight is 397 g/mol. The van der Waals surface area contributed by atoms with Gasteiger partial charge in [-0.15, -0.1) is 0 Å².